The number of nitrogens with zero attached hydrogens (tertiary/aromatic N) is 1. The highest BCUT2D eigenvalue weighted by Crippen LogP contribution is 2.16. The molecule has 0 heterocycles. The molecule has 1 rings (SSSR count). The molecule has 2 nitrogen and oxygen atoms in total. The van der Waals surface area contributed by atoms with Gasteiger partial charge in [0.2, 0.25) is 0 Å². The molecule has 0 unspecified atom stereocenters. The molecule has 0 amide bonds. The molecule has 0 radical (unpaired) electrons. The molecular weight excluding hydrogens is 162 g/mol. The predicted molar refractivity (Wildman–Crippen MR) is 50.0 cm³/mol. The van der Waals surface area contributed by atoms with E-state index in [1.807, 2.05) is 19.1 Å². The molecule has 0 bridgehead atoms. The summed E-state index contributed by atoms with van der Waals surface area (Å²) < 4.78 is 0. The van der Waals surface area contributed by atoms with Crippen molar-refractivity contribution in [3.8, 4) is 23.7 Å². The average molecular weight is 171 g/mol. The van der Waals surface area contributed by atoms with Gasteiger partial charge in [0.25, 0.3) is 0 Å². The van der Waals surface area contributed by atoms with E-state index in [2.05, 4.69) is 11.8 Å². The van der Waals surface area contributed by atoms with Crippen LogP contribution in [0.25, 0.3) is 0 Å². The lowest BCUT2D eigenvalue weighted by Crippen LogP contribution is -1.78. The van der Waals surface area contributed by atoms with E-state index in [0.717, 1.165) is 5.56 Å². The van der Waals surface area contributed by atoms with Gasteiger partial charge in [-0.25, -0.2) is 0 Å². The number of rotatable bonds is 0. The lowest BCUT2D eigenvalue weighted by molar-refractivity contribution is 0.473. The summed E-state index contributed by atoms with van der Waals surface area (Å²) in [6.45, 7) is 1.93. The average Bonchev–Trinajstić information content (AvgIpc) is 2.11. The first-order chi connectivity index (χ1) is 6.24. The maximum Gasteiger partial charge on any atom is 0.131 e. The van der Waals surface area contributed by atoms with E-state index in [-0.39, 0.29) is 12.2 Å². The summed E-state index contributed by atoms with van der Waals surface area (Å²) >= 11 is 0. The van der Waals surface area contributed by atoms with Crippen LogP contribution in [0.2, 0.25) is 0 Å². The SMILES string of the molecule is Cc1ccc(O)c(C#CCC#N)c1. The number of hydrogen-bond donors (Lipinski definition) is 1. The number of benzene rings is 1. The van der Waals surface area contributed by atoms with Gasteiger partial charge >= 0.3 is 0 Å². The normalized spacial score (nSPS) is 8.31. The molecule has 0 atom stereocenters. The highest BCUT2D eigenvalue weighted by atomic mass is 16.3. The van der Waals surface area contributed by atoms with Crippen molar-refractivity contribution in [3.05, 3.63) is 29.3 Å². The molecule has 64 valence electrons. The summed E-state index contributed by atoms with van der Waals surface area (Å²) in [7, 11) is 0. The third kappa shape index (κ3) is 2.54. The molecule has 0 aliphatic rings. The maximum absolute atomic E-state index is 9.35. The number of hydrogen-bond acceptors (Lipinski definition) is 2. The number of phenolic OH excluding ortho intramolecular Hbond substituents is 1. The Labute approximate surface area is 77.4 Å². The van der Waals surface area contributed by atoms with Crippen LogP contribution in [0.15, 0.2) is 18.2 Å². The van der Waals surface area contributed by atoms with Gasteiger partial charge in [0.05, 0.1) is 18.1 Å². The van der Waals surface area contributed by atoms with E-state index in [1.165, 1.54) is 0 Å². The van der Waals surface area contributed by atoms with Crippen LogP contribution < -0.4 is 0 Å². The standard InChI is InChI=1S/C11H9NO/c1-9-5-6-11(13)10(8-9)4-2-3-7-12/h5-6,8,13H,3H2,1H3. The number of phenols is 1. The molecule has 1 aromatic rings. The van der Waals surface area contributed by atoms with Gasteiger partial charge in [0, 0.05) is 0 Å². The van der Waals surface area contributed by atoms with E-state index in [0.29, 0.717) is 5.56 Å². The zero-order chi connectivity index (χ0) is 9.68. The van der Waals surface area contributed by atoms with Crippen molar-refractivity contribution in [1.82, 2.24) is 0 Å². The lowest BCUT2D eigenvalue weighted by Gasteiger charge is -1.97. The minimum absolute atomic E-state index is 0.163. The molecule has 1 N–H and O–H groups in total. The first kappa shape index (κ1) is 9.16. The summed E-state index contributed by atoms with van der Waals surface area (Å²) in [5.74, 6) is 5.54. The molecule has 0 spiro atoms. The Morgan fingerprint density at radius 3 is 2.92 bits per heavy atom. The molecule has 0 saturated carbocycles. The first-order valence-corrected chi connectivity index (χ1v) is 3.89. The highest BCUT2D eigenvalue weighted by Gasteiger charge is 1.95. The lowest BCUT2D eigenvalue weighted by atomic mass is 10.1. The van der Waals surface area contributed by atoms with Crippen molar-refractivity contribution in [2.45, 2.75) is 13.3 Å². The van der Waals surface area contributed by atoms with Crippen molar-refractivity contribution in [3.63, 3.8) is 0 Å². The van der Waals surface area contributed by atoms with E-state index >= 15 is 0 Å². The zero-order valence-corrected chi connectivity index (χ0v) is 7.33. The third-order valence-electron chi connectivity index (χ3n) is 1.54. The molecule has 0 fully saturated rings. The van der Waals surface area contributed by atoms with Crippen LogP contribution in [0.3, 0.4) is 0 Å². The van der Waals surface area contributed by atoms with Gasteiger partial charge in [-0.15, -0.1) is 0 Å². The van der Waals surface area contributed by atoms with E-state index in [4.69, 9.17) is 5.26 Å². The quantitative estimate of drug-likeness (QED) is 0.606. The Hall–Kier alpha value is -1.93. The summed E-state index contributed by atoms with van der Waals surface area (Å²) in [6.07, 6.45) is 0.188. The second kappa shape index (κ2) is 4.18. The van der Waals surface area contributed by atoms with Crippen LogP contribution in [-0.2, 0) is 0 Å². The number of aryl methyl sites for hydroxylation is 1. The molecule has 0 aliphatic carbocycles. The second-order valence-corrected chi connectivity index (χ2v) is 2.66. The first-order valence-electron chi connectivity index (χ1n) is 3.89. The van der Waals surface area contributed by atoms with Crippen LogP contribution >= 0.6 is 0 Å². The van der Waals surface area contributed by atoms with E-state index < -0.39 is 0 Å². The largest absolute Gasteiger partial charge is 0.507 e. The second-order valence-electron chi connectivity index (χ2n) is 2.66. The fourth-order valence-corrected chi connectivity index (χ4v) is 0.929. The van der Waals surface area contributed by atoms with Crippen molar-refractivity contribution in [2.24, 2.45) is 0 Å². The molecule has 2 heteroatoms. The van der Waals surface area contributed by atoms with Crippen molar-refractivity contribution in [1.29, 1.82) is 5.26 Å². The van der Waals surface area contributed by atoms with Gasteiger partial charge in [0.1, 0.15) is 5.75 Å². The molecular formula is C11H9NO. The monoisotopic (exact) mass is 171 g/mol. The Kier molecular flexibility index (Phi) is 2.95. The van der Waals surface area contributed by atoms with Crippen molar-refractivity contribution < 1.29 is 5.11 Å². The molecule has 13 heavy (non-hydrogen) atoms. The maximum atomic E-state index is 9.35. The smallest absolute Gasteiger partial charge is 0.131 e. The fraction of sp³-hybridized carbons (Fsp3) is 0.182. The van der Waals surface area contributed by atoms with Crippen molar-refractivity contribution >= 4 is 0 Å². The minimum Gasteiger partial charge on any atom is -0.507 e. The van der Waals surface area contributed by atoms with Crippen molar-refractivity contribution in [2.75, 3.05) is 0 Å². The topological polar surface area (TPSA) is 44.0 Å². The Bertz CT molecular complexity index is 404. The van der Waals surface area contributed by atoms with Crippen LogP contribution in [0.5, 0.6) is 5.75 Å². The van der Waals surface area contributed by atoms with Crippen LogP contribution in [0.4, 0.5) is 0 Å². The van der Waals surface area contributed by atoms with Gasteiger partial charge in [-0.2, -0.15) is 5.26 Å². The van der Waals surface area contributed by atoms with Gasteiger partial charge < -0.3 is 5.11 Å². The van der Waals surface area contributed by atoms with Gasteiger partial charge in [-0.05, 0) is 24.6 Å². The summed E-state index contributed by atoms with van der Waals surface area (Å²) in [4.78, 5) is 0. The molecule has 0 aromatic heterocycles. The zero-order valence-electron chi connectivity index (χ0n) is 7.33. The van der Waals surface area contributed by atoms with Gasteiger partial charge in [-0.1, -0.05) is 17.9 Å². The summed E-state index contributed by atoms with van der Waals surface area (Å²) in [6, 6.07) is 7.12. The summed E-state index contributed by atoms with van der Waals surface area (Å²) in [5.41, 5.74) is 1.62. The van der Waals surface area contributed by atoms with Crippen LogP contribution in [0.1, 0.15) is 17.5 Å². The minimum atomic E-state index is 0.163. The number of aromatic hydroxyl groups is 1. The van der Waals surface area contributed by atoms with Crippen LogP contribution in [-0.4, -0.2) is 5.11 Å². The highest BCUT2D eigenvalue weighted by molar-refractivity contribution is 5.47. The van der Waals surface area contributed by atoms with E-state index in [1.54, 1.807) is 12.1 Å². The molecule has 1 aromatic carbocycles. The third-order valence-corrected chi connectivity index (χ3v) is 1.54. The molecule has 0 saturated heterocycles. The number of nitriles is 1. The summed E-state index contributed by atoms with van der Waals surface area (Å²) in [5, 5.41) is 17.6. The van der Waals surface area contributed by atoms with Crippen LogP contribution in [0, 0.1) is 30.1 Å². The fourth-order valence-electron chi connectivity index (χ4n) is 0.929. The Balaban J connectivity index is 2.97. The van der Waals surface area contributed by atoms with E-state index in [9.17, 15) is 5.11 Å². The van der Waals surface area contributed by atoms with Gasteiger partial charge in [0.15, 0.2) is 0 Å². The van der Waals surface area contributed by atoms with Gasteiger partial charge in [-0.3, -0.25) is 0 Å². The predicted octanol–water partition coefficient (Wildman–Crippen LogP) is 1.97. The Morgan fingerprint density at radius 2 is 2.23 bits per heavy atom. The molecule has 0 aliphatic heterocycles. The Morgan fingerprint density at radius 1 is 1.46 bits per heavy atom.